The summed E-state index contributed by atoms with van der Waals surface area (Å²) in [7, 11) is 0. The van der Waals surface area contributed by atoms with Gasteiger partial charge < -0.3 is 5.11 Å². The third-order valence-corrected chi connectivity index (χ3v) is 7.74. The van der Waals surface area contributed by atoms with Crippen LogP contribution in [0.15, 0.2) is 12.2 Å². The minimum Gasteiger partial charge on any atom is -0.390 e. The summed E-state index contributed by atoms with van der Waals surface area (Å²) in [5, 5.41) is 11.1. The van der Waals surface area contributed by atoms with E-state index in [-0.39, 0.29) is 5.60 Å². The molecule has 3 saturated carbocycles. The third kappa shape index (κ3) is 1.71. The fourth-order valence-electron chi connectivity index (χ4n) is 6.69. The fraction of sp³-hybridized carbons (Fsp3) is 0.895. The molecule has 0 amide bonds. The van der Waals surface area contributed by atoms with Crippen molar-refractivity contribution in [3.05, 3.63) is 12.2 Å². The summed E-state index contributed by atoms with van der Waals surface area (Å²) in [4.78, 5) is 0. The smallest absolute Gasteiger partial charge is 0.0678 e. The molecule has 0 aromatic carbocycles. The molecule has 0 saturated heterocycles. The van der Waals surface area contributed by atoms with Crippen molar-refractivity contribution in [2.75, 3.05) is 0 Å². The van der Waals surface area contributed by atoms with E-state index < -0.39 is 0 Å². The average Bonchev–Trinajstić information content (AvgIpc) is 2.91. The van der Waals surface area contributed by atoms with Gasteiger partial charge in [0.25, 0.3) is 0 Å². The van der Waals surface area contributed by atoms with Crippen molar-refractivity contribution in [2.24, 2.45) is 29.1 Å². The monoisotopic (exact) mass is 274 g/mol. The van der Waals surface area contributed by atoms with Gasteiger partial charge in [0.05, 0.1) is 5.60 Å². The van der Waals surface area contributed by atoms with Gasteiger partial charge in [0.1, 0.15) is 0 Å². The first-order chi connectivity index (χ1) is 9.69. The van der Waals surface area contributed by atoms with Gasteiger partial charge in [-0.05, 0) is 80.5 Å². The number of rotatable bonds is 1. The van der Waals surface area contributed by atoms with Crippen molar-refractivity contribution in [3.63, 3.8) is 0 Å². The molecular weight excluding hydrogens is 244 g/mol. The van der Waals surface area contributed by atoms with E-state index in [1.165, 1.54) is 51.4 Å². The summed E-state index contributed by atoms with van der Waals surface area (Å²) in [6.45, 7) is 2.39. The Balaban J connectivity index is 1.62. The van der Waals surface area contributed by atoms with Gasteiger partial charge in [-0.3, -0.25) is 0 Å². The molecule has 1 nitrogen and oxygen atoms in total. The first kappa shape index (κ1) is 13.4. The molecule has 0 aromatic rings. The number of hydrogen-bond donors (Lipinski definition) is 1. The van der Waals surface area contributed by atoms with E-state index in [0.29, 0.717) is 11.3 Å². The van der Waals surface area contributed by atoms with E-state index in [0.717, 1.165) is 30.6 Å². The molecule has 1 heteroatoms. The van der Waals surface area contributed by atoms with Crippen molar-refractivity contribution in [3.8, 4) is 0 Å². The maximum absolute atomic E-state index is 11.1. The Morgan fingerprint density at radius 2 is 1.80 bits per heavy atom. The lowest BCUT2D eigenvalue weighted by atomic mass is 9.49. The quantitative estimate of drug-likeness (QED) is 0.687. The van der Waals surface area contributed by atoms with Gasteiger partial charge in [-0.2, -0.15) is 0 Å². The third-order valence-electron chi connectivity index (χ3n) is 7.74. The summed E-state index contributed by atoms with van der Waals surface area (Å²) in [5.74, 6) is 3.27. The van der Waals surface area contributed by atoms with Crippen LogP contribution in [0.25, 0.3) is 0 Å². The molecule has 112 valence electrons. The van der Waals surface area contributed by atoms with Crippen molar-refractivity contribution in [1.82, 2.24) is 0 Å². The Bertz CT molecular complexity index is 412. The van der Waals surface area contributed by atoms with E-state index in [9.17, 15) is 5.11 Å². The second-order valence-electron chi connectivity index (χ2n) is 8.19. The molecule has 0 radical (unpaired) electrons. The molecular formula is C19H30O. The van der Waals surface area contributed by atoms with Crippen LogP contribution >= 0.6 is 0 Å². The Hall–Kier alpha value is -0.300. The van der Waals surface area contributed by atoms with Gasteiger partial charge in [-0.15, -0.1) is 0 Å². The van der Waals surface area contributed by atoms with E-state index in [1.807, 2.05) is 0 Å². The van der Waals surface area contributed by atoms with Gasteiger partial charge in [0.2, 0.25) is 0 Å². The molecule has 3 fully saturated rings. The SMILES string of the molecule is CC[C@@]12C=CC[C@H]1[C@@H]1CC[C@@]3(O)CCCC[C@@H]3[C@H]1CC2. The number of aliphatic hydroxyl groups is 1. The molecule has 0 bridgehead atoms. The van der Waals surface area contributed by atoms with Crippen LogP contribution in [0.1, 0.15) is 71.1 Å². The normalized spacial score (nSPS) is 54.1. The van der Waals surface area contributed by atoms with Crippen LogP contribution in [0.3, 0.4) is 0 Å². The Kier molecular flexibility index (Phi) is 3.07. The van der Waals surface area contributed by atoms with Crippen molar-refractivity contribution < 1.29 is 5.11 Å². The maximum atomic E-state index is 11.1. The highest BCUT2D eigenvalue weighted by molar-refractivity contribution is 5.17. The molecule has 0 aromatic heterocycles. The molecule has 6 atom stereocenters. The van der Waals surface area contributed by atoms with Gasteiger partial charge in [-0.25, -0.2) is 0 Å². The Morgan fingerprint density at radius 1 is 1.00 bits per heavy atom. The topological polar surface area (TPSA) is 20.2 Å². The zero-order chi connectivity index (χ0) is 13.8. The predicted octanol–water partition coefficient (Wildman–Crippen LogP) is 4.70. The second-order valence-corrected chi connectivity index (χ2v) is 8.19. The van der Waals surface area contributed by atoms with Gasteiger partial charge in [-0.1, -0.05) is 31.9 Å². The first-order valence-electron chi connectivity index (χ1n) is 9.09. The van der Waals surface area contributed by atoms with Crippen LogP contribution in [0, 0.1) is 29.1 Å². The van der Waals surface area contributed by atoms with E-state index >= 15 is 0 Å². The summed E-state index contributed by atoms with van der Waals surface area (Å²) < 4.78 is 0. The summed E-state index contributed by atoms with van der Waals surface area (Å²) in [6, 6.07) is 0. The number of allylic oxidation sites excluding steroid dienone is 2. The van der Waals surface area contributed by atoms with Crippen LogP contribution in [0.4, 0.5) is 0 Å². The van der Waals surface area contributed by atoms with E-state index in [2.05, 4.69) is 19.1 Å². The first-order valence-corrected chi connectivity index (χ1v) is 9.09. The zero-order valence-electron chi connectivity index (χ0n) is 13.0. The van der Waals surface area contributed by atoms with Crippen molar-refractivity contribution in [2.45, 2.75) is 76.7 Å². The molecule has 4 aliphatic rings. The minimum absolute atomic E-state index is 0.280. The molecule has 20 heavy (non-hydrogen) atoms. The summed E-state index contributed by atoms with van der Waals surface area (Å²) in [5.41, 5.74) is 0.253. The minimum atomic E-state index is -0.280. The van der Waals surface area contributed by atoms with Crippen LogP contribution in [-0.2, 0) is 0 Å². The van der Waals surface area contributed by atoms with Gasteiger partial charge in [0, 0.05) is 0 Å². The molecule has 4 rings (SSSR count). The zero-order valence-corrected chi connectivity index (χ0v) is 13.0. The second kappa shape index (κ2) is 4.60. The lowest BCUT2D eigenvalue weighted by Gasteiger charge is -2.58. The van der Waals surface area contributed by atoms with Crippen molar-refractivity contribution >= 4 is 0 Å². The Morgan fingerprint density at radius 3 is 2.65 bits per heavy atom. The molecule has 1 N–H and O–H groups in total. The molecule has 0 unspecified atom stereocenters. The number of fused-ring (bicyclic) bond motifs is 5. The summed E-state index contributed by atoms with van der Waals surface area (Å²) >= 11 is 0. The lowest BCUT2D eigenvalue weighted by molar-refractivity contribution is -0.147. The molecule has 0 spiro atoms. The van der Waals surface area contributed by atoms with Crippen molar-refractivity contribution in [1.29, 1.82) is 0 Å². The highest BCUT2D eigenvalue weighted by Gasteiger charge is 2.56. The molecule has 4 aliphatic carbocycles. The maximum Gasteiger partial charge on any atom is 0.0678 e. The lowest BCUT2D eigenvalue weighted by Crippen LogP contribution is -2.54. The van der Waals surface area contributed by atoms with E-state index in [1.54, 1.807) is 0 Å². The molecule has 0 heterocycles. The van der Waals surface area contributed by atoms with Crippen LogP contribution in [-0.4, -0.2) is 10.7 Å². The highest BCUT2D eigenvalue weighted by atomic mass is 16.3. The fourth-order valence-corrected chi connectivity index (χ4v) is 6.69. The Labute approximate surface area is 123 Å². The van der Waals surface area contributed by atoms with Crippen LogP contribution in [0.5, 0.6) is 0 Å². The average molecular weight is 274 g/mol. The predicted molar refractivity (Wildman–Crippen MR) is 82.3 cm³/mol. The highest BCUT2D eigenvalue weighted by Crippen LogP contribution is 2.62. The molecule has 0 aliphatic heterocycles. The van der Waals surface area contributed by atoms with Crippen LogP contribution < -0.4 is 0 Å². The summed E-state index contributed by atoms with van der Waals surface area (Å²) in [6.07, 6.45) is 17.8. The van der Waals surface area contributed by atoms with Gasteiger partial charge >= 0.3 is 0 Å². The number of hydrogen-bond acceptors (Lipinski definition) is 1. The van der Waals surface area contributed by atoms with Gasteiger partial charge in [0.15, 0.2) is 0 Å². The standard InChI is InChI=1S/C19H30O/c1-2-18-10-5-7-16(18)14-9-13-19(20)11-4-3-6-17(19)15(14)8-12-18/h5,10,14-17,20H,2-4,6-9,11-13H2,1H3/t14-,15+,16+,17-,18+,19+/m1/s1. The van der Waals surface area contributed by atoms with Crippen LogP contribution in [0.2, 0.25) is 0 Å². The largest absolute Gasteiger partial charge is 0.390 e. The van der Waals surface area contributed by atoms with E-state index in [4.69, 9.17) is 0 Å².